The van der Waals surface area contributed by atoms with Crippen molar-refractivity contribution in [3.8, 4) is 11.5 Å². The monoisotopic (exact) mass is 560 g/mol. The number of hydrogen-bond acceptors (Lipinski definition) is 9. The molecule has 4 unspecified atom stereocenters. The van der Waals surface area contributed by atoms with Crippen LogP contribution >= 0.6 is 0 Å². The molecule has 13 nitrogen and oxygen atoms in total. The number of likely N-dealkylation sites (tertiary alicyclic amines) is 1. The Morgan fingerprint density at radius 1 is 1.10 bits per heavy atom. The van der Waals surface area contributed by atoms with Crippen molar-refractivity contribution in [2.45, 2.75) is 62.6 Å². The topological polar surface area (TPSA) is 187 Å². The van der Waals surface area contributed by atoms with Crippen LogP contribution in [0, 0.1) is 11.8 Å². The van der Waals surface area contributed by atoms with Crippen LogP contribution in [0.4, 0.5) is 4.79 Å². The van der Waals surface area contributed by atoms with Gasteiger partial charge in [0.05, 0.1) is 33.2 Å². The van der Waals surface area contributed by atoms with Crippen LogP contribution in [0.3, 0.4) is 0 Å². The second kappa shape index (κ2) is 11.7. The number of hydrogen-bond donors (Lipinski definition) is 4. The number of primary amides is 1. The standard InChI is InChI=1S/C27H36N4O9/c1-38-15-12-16(18(24(34)40-3)17(13-15)39-2)21-19-20(23(33)31(22(19)32)14-8-5-4-6-9-14)27(30-21,25(35)36)10-7-11-29-26(28)37/h12-14,19-21,30H,4-11H2,1-3H3,(H,35,36)(H3,28,29,37). The second-order valence-electron chi connectivity index (χ2n) is 10.4. The molecule has 2 saturated heterocycles. The van der Waals surface area contributed by atoms with Crippen molar-refractivity contribution < 1.29 is 43.3 Å². The van der Waals surface area contributed by atoms with Gasteiger partial charge in [0.15, 0.2) is 0 Å². The smallest absolute Gasteiger partial charge is 0.341 e. The van der Waals surface area contributed by atoms with Gasteiger partial charge in [0, 0.05) is 24.7 Å². The normalized spacial score (nSPS) is 26.4. The number of nitrogens with two attached hydrogens (primary N) is 1. The molecule has 0 spiro atoms. The molecule has 1 saturated carbocycles. The van der Waals surface area contributed by atoms with E-state index in [0.29, 0.717) is 18.6 Å². The largest absolute Gasteiger partial charge is 0.497 e. The average molecular weight is 561 g/mol. The first-order valence-corrected chi connectivity index (χ1v) is 13.4. The van der Waals surface area contributed by atoms with Gasteiger partial charge in [-0.1, -0.05) is 19.3 Å². The number of benzene rings is 1. The molecule has 3 aliphatic rings. The first kappa shape index (κ1) is 29.1. The minimum absolute atomic E-state index is 0.00463. The van der Waals surface area contributed by atoms with E-state index in [1.807, 2.05) is 0 Å². The number of esters is 1. The van der Waals surface area contributed by atoms with Crippen molar-refractivity contribution in [2.75, 3.05) is 27.9 Å². The first-order chi connectivity index (χ1) is 19.1. The third kappa shape index (κ3) is 4.93. The number of methoxy groups -OCH3 is 3. The Kier molecular flexibility index (Phi) is 8.52. The van der Waals surface area contributed by atoms with Crippen LogP contribution in [0.5, 0.6) is 11.5 Å². The number of aliphatic carboxylic acids is 1. The van der Waals surface area contributed by atoms with Crippen LogP contribution in [-0.4, -0.2) is 79.2 Å². The lowest BCUT2D eigenvalue weighted by molar-refractivity contribution is -0.153. The number of carboxylic acids is 1. The molecule has 13 heteroatoms. The van der Waals surface area contributed by atoms with Gasteiger partial charge >= 0.3 is 18.0 Å². The molecule has 4 rings (SSSR count). The maximum Gasteiger partial charge on any atom is 0.341 e. The minimum atomic E-state index is -1.87. The van der Waals surface area contributed by atoms with Gasteiger partial charge in [0.1, 0.15) is 22.6 Å². The van der Waals surface area contributed by atoms with Crippen molar-refractivity contribution in [1.82, 2.24) is 15.5 Å². The molecular formula is C27H36N4O9. The van der Waals surface area contributed by atoms with E-state index in [4.69, 9.17) is 19.9 Å². The SMILES string of the molecule is COC(=O)c1c(OC)cc(OC)cc1C1NC(CCCNC(N)=O)(C(=O)O)C2C(=O)N(C3CCCCC3)C(=O)C12. The molecule has 0 radical (unpaired) electrons. The summed E-state index contributed by atoms with van der Waals surface area (Å²) in [6.45, 7) is 0.0724. The Hall–Kier alpha value is -3.87. The zero-order valence-corrected chi connectivity index (χ0v) is 22.9. The molecule has 1 aliphatic carbocycles. The van der Waals surface area contributed by atoms with Crippen LogP contribution in [0.15, 0.2) is 12.1 Å². The van der Waals surface area contributed by atoms with E-state index >= 15 is 0 Å². The molecule has 1 aromatic rings. The lowest BCUT2D eigenvalue weighted by Gasteiger charge is -2.35. The van der Waals surface area contributed by atoms with E-state index in [-0.39, 0.29) is 42.3 Å². The first-order valence-electron chi connectivity index (χ1n) is 13.4. The maximum atomic E-state index is 14.1. The fourth-order valence-electron chi connectivity index (χ4n) is 6.56. The molecule has 0 aromatic heterocycles. The van der Waals surface area contributed by atoms with Gasteiger partial charge in [-0.15, -0.1) is 0 Å². The number of imide groups is 1. The highest BCUT2D eigenvalue weighted by Crippen LogP contribution is 2.53. The van der Waals surface area contributed by atoms with Gasteiger partial charge in [-0.05, 0) is 37.3 Å². The summed E-state index contributed by atoms with van der Waals surface area (Å²) in [6, 6.07) is 0.868. The number of carbonyl (C=O) groups is 5. The lowest BCUT2D eigenvalue weighted by Crippen LogP contribution is -2.57. The zero-order valence-electron chi connectivity index (χ0n) is 22.9. The molecule has 2 heterocycles. The number of ether oxygens (including phenoxy) is 3. The Balaban J connectivity index is 1.87. The predicted molar refractivity (Wildman–Crippen MR) is 140 cm³/mol. The fraction of sp³-hybridized carbons (Fsp3) is 0.593. The van der Waals surface area contributed by atoms with Crippen LogP contribution in [0.2, 0.25) is 0 Å². The van der Waals surface area contributed by atoms with Gasteiger partial charge in [-0.2, -0.15) is 0 Å². The van der Waals surface area contributed by atoms with Crippen LogP contribution in [0.1, 0.15) is 66.9 Å². The molecule has 5 N–H and O–H groups in total. The van der Waals surface area contributed by atoms with E-state index in [9.17, 15) is 29.1 Å². The van der Waals surface area contributed by atoms with E-state index in [1.165, 1.54) is 38.4 Å². The third-order valence-corrected chi connectivity index (χ3v) is 8.34. The molecule has 3 fully saturated rings. The van der Waals surface area contributed by atoms with E-state index in [0.717, 1.165) is 19.3 Å². The summed E-state index contributed by atoms with van der Waals surface area (Å²) in [5, 5.41) is 16.1. The molecule has 0 bridgehead atoms. The predicted octanol–water partition coefficient (Wildman–Crippen LogP) is 1.34. The summed E-state index contributed by atoms with van der Waals surface area (Å²) in [6.07, 6.45) is 4.10. The number of rotatable bonds is 10. The number of carboxylic acid groups (broad SMARTS) is 1. The number of nitrogens with zero attached hydrogens (tertiary/aromatic N) is 1. The highest BCUT2D eigenvalue weighted by Gasteiger charge is 2.69. The summed E-state index contributed by atoms with van der Waals surface area (Å²) in [7, 11) is 3.98. The summed E-state index contributed by atoms with van der Waals surface area (Å²) >= 11 is 0. The Labute approximate surface area is 231 Å². The number of urea groups is 1. The summed E-state index contributed by atoms with van der Waals surface area (Å²) in [5.74, 6) is -5.05. The van der Waals surface area contributed by atoms with Crippen LogP contribution in [-0.2, 0) is 19.1 Å². The minimum Gasteiger partial charge on any atom is -0.497 e. The number of nitrogens with one attached hydrogen (secondary N) is 2. The molecule has 218 valence electrons. The van der Waals surface area contributed by atoms with Crippen molar-refractivity contribution in [1.29, 1.82) is 0 Å². The molecular weight excluding hydrogens is 524 g/mol. The van der Waals surface area contributed by atoms with Crippen molar-refractivity contribution in [3.05, 3.63) is 23.3 Å². The number of carbonyl (C=O) groups excluding carboxylic acids is 4. The van der Waals surface area contributed by atoms with Crippen molar-refractivity contribution >= 4 is 29.8 Å². The van der Waals surface area contributed by atoms with Crippen LogP contribution < -0.4 is 25.8 Å². The van der Waals surface area contributed by atoms with E-state index < -0.39 is 53.2 Å². The highest BCUT2D eigenvalue weighted by atomic mass is 16.5. The second-order valence-corrected chi connectivity index (χ2v) is 10.4. The van der Waals surface area contributed by atoms with Gasteiger partial charge in [-0.3, -0.25) is 24.6 Å². The quantitative estimate of drug-likeness (QED) is 0.185. The fourth-order valence-corrected chi connectivity index (χ4v) is 6.56. The lowest BCUT2D eigenvalue weighted by atomic mass is 9.76. The van der Waals surface area contributed by atoms with Crippen LogP contribution in [0.25, 0.3) is 0 Å². The Morgan fingerprint density at radius 2 is 1.80 bits per heavy atom. The average Bonchev–Trinajstić information content (AvgIpc) is 3.43. The van der Waals surface area contributed by atoms with Crippen molar-refractivity contribution in [2.24, 2.45) is 17.6 Å². The number of amides is 4. The molecule has 2 aliphatic heterocycles. The van der Waals surface area contributed by atoms with Gasteiger partial charge in [-0.25, -0.2) is 9.59 Å². The Bertz CT molecular complexity index is 1200. The van der Waals surface area contributed by atoms with Gasteiger partial charge in [0.2, 0.25) is 11.8 Å². The summed E-state index contributed by atoms with van der Waals surface area (Å²) in [4.78, 5) is 66.6. The van der Waals surface area contributed by atoms with E-state index in [1.54, 1.807) is 0 Å². The summed E-state index contributed by atoms with van der Waals surface area (Å²) in [5.41, 5.74) is 3.52. The highest BCUT2D eigenvalue weighted by molar-refractivity contribution is 6.10. The van der Waals surface area contributed by atoms with Gasteiger partial charge in [0.25, 0.3) is 0 Å². The van der Waals surface area contributed by atoms with Gasteiger partial charge < -0.3 is 30.4 Å². The zero-order chi connectivity index (χ0) is 29.2. The molecule has 40 heavy (non-hydrogen) atoms. The molecule has 1 aromatic carbocycles. The van der Waals surface area contributed by atoms with Crippen molar-refractivity contribution in [3.63, 3.8) is 0 Å². The Morgan fingerprint density at radius 3 is 2.38 bits per heavy atom. The molecule has 4 amide bonds. The van der Waals surface area contributed by atoms with E-state index in [2.05, 4.69) is 10.6 Å². The molecule has 4 atom stereocenters. The third-order valence-electron chi connectivity index (χ3n) is 8.34. The number of fused-ring (bicyclic) bond motifs is 1. The summed E-state index contributed by atoms with van der Waals surface area (Å²) < 4.78 is 15.9. The maximum absolute atomic E-state index is 14.1.